The standard InChI is InChI=1S/C12H23ClSi/c1-11(2)9-6-7-10(14(4,5)13)12(11,3)8-9/h9-10H,6-8H2,1-5H3. The van der Waals surface area contributed by atoms with Crippen LogP contribution in [0.2, 0.25) is 18.6 Å². The molecular formula is C12H23ClSi. The third-order valence-electron chi connectivity index (χ3n) is 5.56. The SMILES string of the molecule is CC1(C)C2CCC([Si](C)(C)Cl)C1(C)C2. The maximum atomic E-state index is 6.69. The van der Waals surface area contributed by atoms with Crippen LogP contribution in [0.15, 0.2) is 0 Å². The minimum absolute atomic E-state index is 0.549. The lowest BCUT2D eigenvalue weighted by Gasteiger charge is -2.69. The van der Waals surface area contributed by atoms with Gasteiger partial charge >= 0.3 is 0 Å². The number of rotatable bonds is 1. The molecule has 82 valence electrons. The molecule has 0 aromatic rings. The molecule has 0 amide bonds. The van der Waals surface area contributed by atoms with Crippen molar-refractivity contribution >= 4 is 18.5 Å². The van der Waals surface area contributed by atoms with E-state index in [1.54, 1.807) is 0 Å². The first-order chi connectivity index (χ1) is 6.19. The van der Waals surface area contributed by atoms with Crippen LogP contribution in [-0.2, 0) is 0 Å². The van der Waals surface area contributed by atoms with E-state index in [4.69, 9.17) is 11.1 Å². The zero-order chi connectivity index (χ0) is 10.8. The Morgan fingerprint density at radius 2 is 1.71 bits per heavy atom. The topological polar surface area (TPSA) is 0 Å². The molecule has 3 fully saturated rings. The molecule has 3 unspecified atom stereocenters. The van der Waals surface area contributed by atoms with Gasteiger partial charge in [0.1, 0.15) is 0 Å². The number of fused-ring (bicyclic) bond motifs is 2. The first-order valence-electron chi connectivity index (χ1n) is 5.88. The van der Waals surface area contributed by atoms with Crippen molar-refractivity contribution in [3.8, 4) is 0 Å². The normalized spacial score (nSPS) is 45.9. The molecule has 14 heavy (non-hydrogen) atoms. The Kier molecular flexibility index (Phi) is 2.20. The van der Waals surface area contributed by atoms with Crippen molar-refractivity contribution in [3.63, 3.8) is 0 Å². The fourth-order valence-corrected chi connectivity index (χ4v) is 8.11. The van der Waals surface area contributed by atoms with Crippen molar-refractivity contribution in [3.05, 3.63) is 0 Å². The average molecular weight is 231 g/mol. The Balaban J connectivity index is 2.30. The molecule has 3 atom stereocenters. The summed E-state index contributed by atoms with van der Waals surface area (Å²) in [7, 11) is -1.47. The van der Waals surface area contributed by atoms with Gasteiger partial charge in [0.15, 0.2) is 7.38 Å². The van der Waals surface area contributed by atoms with Gasteiger partial charge in [0.2, 0.25) is 0 Å². The summed E-state index contributed by atoms with van der Waals surface area (Å²) in [6, 6.07) is 0. The minimum atomic E-state index is -1.47. The molecule has 2 heteroatoms. The molecule has 0 saturated heterocycles. The van der Waals surface area contributed by atoms with Gasteiger partial charge in [-0.15, -0.1) is 0 Å². The largest absolute Gasteiger partial charge is 0.167 e. The highest BCUT2D eigenvalue weighted by molar-refractivity contribution is 7.19. The van der Waals surface area contributed by atoms with E-state index in [2.05, 4.69) is 33.9 Å². The third-order valence-corrected chi connectivity index (χ3v) is 8.94. The number of hydrogen-bond donors (Lipinski definition) is 0. The summed E-state index contributed by atoms with van der Waals surface area (Å²) in [6.07, 6.45) is 4.26. The van der Waals surface area contributed by atoms with E-state index in [0.717, 1.165) is 11.5 Å². The Bertz CT molecular complexity index is 254. The van der Waals surface area contributed by atoms with Gasteiger partial charge in [0, 0.05) is 0 Å². The molecule has 3 aliphatic carbocycles. The van der Waals surface area contributed by atoms with Crippen molar-refractivity contribution in [2.24, 2.45) is 16.7 Å². The van der Waals surface area contributed by atoms with Gasteiger partial charge in [-0.25, -0.2) is 0 Å². The molecule has 0 radical (unpaired) electrons. The molecule has 3 rings (SSSR count). The van der Waals surface area contributed by atoms with Crippen LogP contribution in [0.3, 0.4) is 0 Å². The molecule has 3 saturated carbocycles. The van der Waals surface area contributed by atoms with Crippen LogP contribution in [0, 0.1) is 16.7 Å². The van der Waals surface area contributed by atoms with Gasteiger partial charge in [-0.05, 0) is 35.1 Å². The smallest absolute Gasteiger partial charge is 0.154 e. The quantitative estimate of drug-likeness (QED) is 0.455. The summed E-state index contributed by atoms with van der Waals surface area (Å²) in [5, 5.41) is 0. The van der Waals surface area contributed by atoms with Crippen molar-refractivity contribution in [1.29, 1.82) is 0 Å². The summed E-state index contributed by atoms with van der Waals surface area (Å²) in [6.45, 7) is 12.1. The fourth-order valence-electron chi connectivity index (χ4n) is 4.21. The van der Waals surface area contributed by atoms with Crippen LogP contribution in [0.25, 0.3) is 0 Å². The van der Waals surface area contributed by atoms with Gasteiger partial charge in [-0.1, -0.05) is 40.3 Å². The zero-order valence-corrected chi connectivity index (χ0v) is 11.9. The van der Waals surface area contributed by atoms with E-state index in [9.17, 15) is 0 Å². The van der Waals surface area contributed by atoms with Crippen LogP contribution in [-0.4, -0.2) is 7.38 Å². The summed E-state index contributed by atoms with van der Waals surface area (Å²) in [5.74, 6) is 0.983. The molecule has 0 spiro atoms. The Hall–Kier alpha value is 0.507. The molecule has 0 N–H and O–H groups in total. The predicted molar refractivity (Wildman–Crippen MR) is 66.3 cm³/mol. The molecule has 0 aromatic heterocycles. The van der Waals surface area contributed by atoms with Gasteiger partial charge in [0.05, 0.1) is 0 Å². The summed E-state index contributed by atoms with van der Waals surface area (Å²) in [4.78, 5) is 0. The molecule has 0 aromatic carbocycles. The second kappa shape index (κ2) is 2.79. The Morgan fingerprint density at radius 3 is 2.07 bits per heavy atom. The van der Waals surface area contributed by atoms with E-state index in [1.165, 1.54) is 19.3 Å². The highest BCUT2D eigenvalue weighted by atomic mass is 35.6. The van der Waals surface area contributed by atoms with Crippen LogP contribution < -0.4 is 0 Å². The monoisotopic (exact) mass is 230 g/mol. The van der Waals surface area contributed by atoms with Crippen molar-refractivity contribution in [2.45, 2.75) is 58.7 Å². The van der Waals surface area contributed by atoms with Crippen LogP contribution in [0.1, 0.15) is 40.0 Å². The summed E-state index contributed by atoms with van der Waals surface area (Å²) >= 11 is 6.69. The lowest BCUT2D eigenvalue weighted by molar-refractivity contribution is -0.148. The maximum Gasteiger partial charge on any atom is 0.154 e. The van der Waals surface area contributed by atoms with Gasteiger partial charge in [-0.3, -0.25) is 0 Å². The van der Waals surface area contributed by atoms with Crippen molar-refractivity contribution < 1.29 is 0 Å². The molecule has 3 aliphatic rings. The minimum Gasteiger partial charge on any atom is -0.167 e. The molecule has 0 heterocycles. The highest BCUT2D eigenvalue weighted by Gasteiger charge is 2.65. The van der Waals surface area contributed by atoms with Crippen LogP contribution >= 0.6 is 11.1 Å². The first kappa shape index (κ1) is 11.0. The summed E-state index contributed by atoms with van der Waals surface area (Å²) in [5.41, 5.74) is 1.93. The highest BCUT2D eigenvalue weighted by Crippen LogP contribution is 2.73. The first-order valence-corrected chi connectivity index (χ1v) is 9.97. The molecular weight excluding hydrogens is 208 g/mol. The van der Waals surface area contributed by atoms with Crippen LogP contribution in [0.4, 0.5) is 0 Å². The zero-order valence-electron chi connectivity index (χ0n) is 10.2. The fraction of sp³-hybridized carbons (Fsp3) is 1.00. The van der Waals surface area contributed by atoms with Crippen molar-refractivity contribution in [2.75, 3.05) is 0 Å². The summed E-state index contributed by atoms with van der Waals surface area (Å²) < 4.78 is 0. The van der Waals surface area contributed by atoms with Crippen LogP contribution in [0.5, 0.6) is 0 Å². The third kappa shape index (κ3) is 1.18. The Labute approximate surface area is 94.1 Å². The van der Waals surface area contributed by atoms with E-state index >= 15 is 0 Å². The lowest BCUT2D eigenvalue weighted by Crippen LogP contribution is -2.62. The molecule has 0 nitrogen and oxygen atoms in total. The molecule has 2 bridgehead atoms. The van der Waals surface area contributed by atoms with Crippen molar-refractivity contribution in [1.82, 2.24) is 0 Å². The molecule has 0 aliphatic heterocycles. The second-order valence-corrected chi connectivity index (χ2v) is 13.5. The number of halogens is 1. The van der Waals surface area contributed by atoms with E-state index in [0.29, 0.717) is 10.8 Å². The van der Waals surface area contributed by atoms with E-state index in [-0.39, 0.29) is 0 Å². The lowest BCUT2D eigenvalue weighted by atomic mass is 9.40. The van der Waals surface area contributed by atoms with E-state index < -0.39 is 7.38 Å². The number of hydrogen-bond acceptors (Lipinski definition) is 0. The second-order valence-electron chi connectivity index (χ2n) is 6.73. The average Bonchev–Trinajstić information content (AvgIpc) is 2.01. The van der Waals surface area contributed by atoms with E-state index in [1.807, 2.05) is 0 Å². The van der Waals surface area contributed by atoms with Gasteiger partial charge in [-0.2, -0.15) is 11.1 Å². The van der Waals surface area contributed by atoms with Gasteiger partial charge < -0.3 is 0 Å². The predicted octanol–water partition coefficient (Wildman–Crippen LogP) is 4.65. The maximum absolute atomic E-state index is 6.69. The van der Waals surface area contributed by atoms with Gasteiger partial charge in [0.25, 0.3) is 0 Å². The Morgan fingerprint density at radius 1 is 1.14 bits per heavy atom.